The van der Waals surface area contributed by atoms with E-state index in [0.29, 0.717) is 24.3 Å². The van der Waals surface area contributed by atoms with Gasteiger partial charge in [-0.15, -0.1) is 0 Å². The fourth-order valence-electron chi connectivity index (χ4n) is 2.35. The molecule has 3 N–H and O–H groups in total. The Morgan fingerprint density at radius 2 is 2.17 bits per heavy atom. The van der Waals surface area contributed by atoms with Gasteiger partial charge in [0.25, 0.3) is 0 Å². The van der Waals surface area contributed by atoms with Crippen molar-refractivity contribution in [2.45, 2.75) is 40.2 Å². The van der Waals surface area contributed by atoms with Gasteiger partial charge in [0.05, 0.1) is 6.61 Å². The molecule has 0 fully saturated rings. The first-order valence-corrected chi connectivity index (χ1v) is 7.99. The number of halogens is 1. The van der Waals surface area contributed by atoms with Crippen molar-refractivity contribution >= 4 is 24.2 Å². The van der Waals surface area contributed by atoms with Crippen molar-refractivity contribution in [3.05, 3.63) is 23.5 Å². The number of anilines is 1. The Hall–Kier alpha value is -1.60. The van der Waals surface area contributed by atoms with Gasteiger partial charge in [0.1, 0.15) is 5.82 Å². The Morgan fingerprint density at radius 1 is 1.43 bits per heavy atom. The van der Waals surface area contributed by atoms with Crippen LogP contribution in [0.3, 0.4) is 0 Å². The topological polar surface area (TPSA) is 70.6 Å². The van der Waals surface area contributed by atoms with Gasteiger partial charge in [0.15, 0.2) is 0 Å². The largest absolute Gasteiger partial charge is 0.494 e. The van der Waals surface area contributed by atoms with E-state index in [9.17, 15) is 14.2 Å². The van der Waals surface area contributed by atoms with Crippen molar-refractivity contribution in [3.8, 4) is 0 Å². The molecule has 1 amide bonds. The van der Waals surface area contributed by atoms with E-state index in [-0.39, 0.29) is 23.4 Å². The summed E-state index contributed by atoms with van der Waals surface area (Å²) in [5.41, 5.74) is 1.19. The number of rotatable bonds is 7. The van der Waals surface area contributed by atoms with Gasteiger partial charge in [-0.3, -0.25) is 4.79 Å². The molecule has 0 radical (unpaired) electrons. The van der Waals surface area contributed by atoms with Crippen molar-refractivity contribution < 1.29 is 18.9 Å². The second kappa shape index (κ2) is 7.32. The quantitative estimate of drug-likeness (QED) is 0.524. The number of carbonyl (C=O) groups excluding carboxylic acids is 1. The molecular formula is C16H24BFN2O3. The van der Waals surface area contributed by atoms with E-state index in [4.69, 9.17) is 4.65 Å². The van der Waals surface area contributed by atoms with E-state index in [0.717, 1.165) is 12.8 Å². The van der Waals surface area contributed by atoms with Crippen molar-refractivity contribution in [1.29, 1.82) is 0 Å². The molecule has 0 aromatic heterocycles. The third-order valence-corrected chi connectivity index (χ3v) is 4.33. The monoisotopic (exact) mass is 322 g/mol. The summed E-state index contributed by atoms with van der Waals surface area (Å²) in [6.45, 7) is 7.24. The fraction of sp³-hybridized carbons (Fsp3) is 0.562. The molecule has 1 aromatic carbocycles. The van der Waals surface area contributed by atoms with E-state index in [1.165, 1.54) is 6.07 Å². The lowest BCUT2D eigenvalue weighted by molar-refractivity contribution is -0.129. The molecular weight excluding hydrogens is 298 g/mol. The molecule has 0 bridgehead atoms. The van der Waals surface area contributed by atoms with Crippen molar-refractivity contribution in [1.82, 2.24) is 5.32 Å². The molecule has 0 spiro atoms. The molecule has 2 rings (SSSR count). The molecule has 0 saturated heterocycles. The van der Waals surface area contributed by atoms with Gasteiger partial charge in [-0.25, -0.2) is 4.39 Å². The minimum absolute atomic E-state index is 0.0507. The molecule has 0 saturated carbocycles. The molecule has 1 aliphatic rings. The first kappa shape index (κ1) is 17.8. The zero-order valence-corrected chi connectivity index (χ0v) is 13.9. The van der Waals surface area contributed by atoms with Gasteiger partial charge < -0.3 is 20.3 Å². The number of nitrogens with one attached hydrogen (secondary N) is 2. The normalized spacial score (nSPS) is 13.9. The summed E-state index contributed by atoms with van der Waals surface area (Å²) < 4.78 is 18.9. The fourth-order valence-corrected chi connectivity index (χ4v) is 2.35. The molecule has 5 nitrogen and oxygen atoms in total. The van der Waals surface area contributed by atoms with Gasteiger partial charge in [-0.05, 0) is 30.5 Å². The molecule has 0 unspecified atom stereocenters. The van der Waals surface area contributed by atoms with Crippen LogP contribution in [0.25, 0.3) is 0 Å². The molecule has 126 valence electrons. The summed E-state index contributed by atoms with van der Waals surface area (Å²) in [6.07, 6.45) is 1.53. The maximum atomic E-state index is 13.9. The summed E-state index contributed by atoms with van der Waals surface area (Å²) >= 11 is 0. The maximum Gasteiger partial charge on any atom is 0.494 e. The van der Waals surface area contributed by atoms with Gasteiger partial charge in [-0.1, -0.05) is 20.8 Å². The van der Waals surface area contributed by atoms with Crippen molar-refractivity contribution in [2.75, 3.05) is 18.4 Å². The average molecular weight is 322 g/mol. The van der Waals surface area contributed by atoms with Gasteiger partial charge in [-0.2, -0.15) is 0 Å². The smallest absolute Gasteiger partial charge is 0.423 e. The van der Waals surface area contributed by atoms with Crippen LogP contribution in [-0.4, -0.2) is 31.1 Å². The number of fused-ring (bicyclic) bond motifs is 1. The Kier molecular flexibility index (Phi) is 5.65. The Bertz CT molecular complexity index is 581. The first-order valence-electron chi connectivity index (χ1n) is 7.99. The van der Waals surface area contributed by atoms with Crippen molar-refractivity contribution in [3.63, 3.8) is 0 Å². The highest BCUT2D eigenvalue weighted by Crippen LogP contribution is 2.20. The van der Waals surface area contributed by atoms with E-state index < -0.39 is 12.9 Å². The van der Waals surface area contributed by atoms with Gasteiger partial charge in [0.2, 0.25) is 5.91 Å². The first-order chi connectivity index (χ1) is 10.8. The predicted octanol–water partition coefficient (Wildman–Crippen LogP) is 1.40. The molecule has 7 heteroatoms. The van der Waals surface area contributed by atoms with Crippen LogP contribution in [0.2, 0.25) is 0 Å². The number of hydrogen-bond acceptors (Lipinski definition) is 4. The highest BCUT2D eigenvalue weighted by atomic mass is 19.1. The van der Waals surface area contributed by atoms with Crippen LogP contribution in [0.5, 0.6) is 0 Å². The molecule has 1 aliphatic heterocycles. The van der Waals surface area contributed by atoms with Crippen LogP contribution >= 0.6 is 0 Å². The minimum atomic E-state index is -1.17. The highest BCUT2D eigenvalue weighted by Gasteiger charge is 2.31. The molecule has 0 aliphatic carbocycles. The third-order valence-electron chi connectivity index (χ3n) is 4.33. The second-order valence-electron chi connectivity index (χ2n) is 6.47. The van der Waals surface area contributed by atoms with E-state index in [1.54, 1.807) is 6.07 Å². The van der Waals surface area contributed by atoms with Crippen LogP contribution in [-0.2, 0) is 16.1 Å². The molecule has 1 aromatic rings. The second-order valence-corrected chi connectivity index (χ2v) is 6.47. The Balaban J connectivity index is 1.78. The molecule has 1 heterocycles. The summed E-state index contributed by atoms with van der Waals surface area (Å²) in [7, 11) is -1.17. The standard InChI is InChI=1S/C16H24BFN2O3/c1-4-16(2,3)15(21)20-7-5-6-19-12-8-11-10-23-17(22)14(11)13(18)9-12/h8-9,19,22H,4-7,10H2,1-3H3,(H,20,21). The lowest BCUT2D eigenvalue weighted by Crippen LogP contribution is -2.37. The summed E-state index contributed by atoms with van der Waals surface area (Å²) in [5.74, 6) is -0.414. The summed E-state index contributed by atoms with van der Waals surface area (Å²) in [6, 6.07) is 3.14. The lowest BCUT2D eigenvalue weighted by Gasteiger charge is -2.21. The Morgan fingerprint density at radius 3 is 2.87 bits per heavy atom. The van der Waals surface area contributed by atoms with E-state index in [1.807, 2.05) is 20.8 Å². The van der Waals surface area contributed by atoms with Crippen LogP contribution < -0.4 is 16.1 Å². The predicted molar refractivity (Wildman–Crippen MR) is 89.0 cm³/mol. The summed E-state index contributed by atoms with van der Waals surface area (Å²) in [4.78, 5) is 11.9. The number of hydrogen-bond donors (Lipinski definition) is 3. The van der Waals surface area contributed by atoms with Crippen LogP contribution in [0.15, 0.2) is 12.1 Å². The zero-order valence-electron chi connectivity index (χ0n) is 13.9. The van der Waals surface area contributed by atoms with Crippen LogP contribution in [0.4, 0.5) is 10.1 Å². The van der Waals surface area contributed by atoms with Crippen LogP contribution in [0.1, 0.15) is 39.2 Å². The number of amides is 1. The van der Waals surface area contributed by atoms with E-state index in [2.05, 4.69) is 10.6 Å². The van der Waals surface area contributed by atoms with Crippen LogP contribution in [0, 0.1) is 11.2 Å². The lowest BCUT2D eigenvalue weighted by atomic mass is 9.79. The zero-order chi connectivity index (χ0) is 17.0. The Labute approximate surface area is 136 Å². The number of carbonyl (C=O) groups is 1. The minimum Gasteiger partial charge on any atom is -0.423 e. The van der Waals surface area contributed by atoms with E-state index >= 15 is 0 Å². The SMILES string of the molecule is CCC(C)(C)C(=O)NCCCNc1cc(F)c2c(c1)COB2O. The van der Waals surface area contributed by atoms with Gasteiger partial charge in [0, 0.05) is 29.7 Å². The van der Waals surface area contributed by atoms with Gasteiger partial charge >= 0.3 is 7.12 Å². The number of benzene rings is 1. The van der Waals surface area contributed by atoms with Crippen molar-refractivity contribution in [2.24, 2.45) is 5.41 Å². The average Bonchev–Trinajstić information content (AvgIpc) is 2.88. The highest BCUT2D eigenvalue weighted by molar-refractivity contribution is 6.61. The molecule has 23 heavy (non-hydrogen) atoms. The molecule has 0 atom stereocenters. The third kappa shape index (κ3) is 4.23. The maximum absolute atomic E-state index is 13.9. The summed E-state index contributed by atoms with van der Waals surface area (Å²) in [5, 5.41) is 15.6.